The van der Waals surface area contributed by atoms with Crippen LogP contribution in [0.25, 0.3) is 0 Å². The van der Waals surface area contributed by atoms with E-state index in [0.717, 1.165) is 23.7 Å². The summed E-state index contributed by atoms with van der Waals surface area (Å²) in [5.41, 5.74) is 0. The molecule has 1 heterocycles. The molecule has 126 valence electrons. The molecule has 1 unspecified atom stereocenters. The van der Waals surface area contributed by atoms with Gasteiger partial charge in [-0.2, -0.15) is 0 Å². The standard InChI is InChI=1S/C10H21N.C10H20/c1-9(2)8-10-4-6-11(3)7-5-10;1-3-9(2)10-7-5-4-6-8-10/h9-10H,4-8H2,1-3H3;9-10H,3-8H2,1-2H3. The molecule has 21 heavy (non-hydrogen) atoms. The highest BCUT2D eigenvalue weighted by atomic mass is 15.1. The van der Waals surface area contributed by atoms with Gasteiger partial charge in [-0.3, -0.25) is 0 Å². The summed E-state index contributed by atoms with van der Waals surface area (Å²) in [6.45, 7) is 12.0. The fraction of sp³-hybridized carbons (Fsp3) is 1.00. The lowest BCUT2D eigenvalue weighted by atomic mass is 9.80. The van der Waals surface area contributed by atoms with Gasteiger partial charge in [-0.1, -0.05) is 66.2 Å². The molecule has 0 bridgehead atoms. The Bertz CT molecular complexity index is 234. The van der Waals surface area contributed by atoms with Crippen molar-refractivity contribution < 1.29 is 0 Å². The van der Waals surface area contributed by atoms with Crippen LogP contribution in [0.5, 0.6) is 0 Å². The van der Waals surface area contributed by atoms with Gasteiger partial charge in [0.15, 0.2) is 0 Å². The molecule has 1 heteroatoms. The van der Waals surface area contributed by atoms with E-state index in [1.165, 1.54) is 70.9 Å². The average molecular weight is 296 g/mol. The van der Waals surface area contributed by atoms with Crippen molar-refractivity contribution in [1.29, 1.82) is 0 Å². The van der Waals surface area contributed by atoms with E-state index < -0.39 is 0 Å². The molecule has 0 aromatic rings. The predicted molar refractivity (Wildman–Crippen MR) is 95.7 cm³/mol. The van der Waals surface area contributed by atoms with Crippen LogP contribution in [0.3, 0.4) is 0 Å². The van der Waals surface area contributed by atoms with E-state index in [0.29, 0.717) is 0 Å². The monoisotopic (exact) mass is 295 g/mol. The van der Waals surface area contributed by atoms with Crippen LogP contribution in [0.4, 0.5) is 0 Å². The van der Waals surface area contributed by atoms with Crippen molar-refractivity contribution in [2.45, 2.75) is 85.5 Å². The summed E-state index contributed by atoms with van der Waals surface area (Å²) in [6, 6.07) is 0. The first kappa shape index (κ1) is 19.0. The third-order valence-electron chi connectivity index (χ3n) is 5.74. The van der Waals surface area contributed by atoms with E-state index in [9.17, 15) is 0 Å². The molecule has 1 saturated heterocycles. The second-order valence-electron chi connectivity index (χ2n) is 8.16. The Balaban J connectivity index is 0.000000211. The summed E-state index contributed by atoms with van der Waals surface area (Å²) in [5.74, 6) is 3.97. The van der Waals surface area contributed by atoms with Crippen molar-refractivity contribution in [3.8, 4) is 0 Å². The van der Waals surface area contributed by atoms with Crippen LogP contribution in [0.1, 0.15) is 85.5 Å². The molecule has 1 atom stereocenters. The SMILES string of the molecule is CC(C)CC1CCN(C)CC1.CCC(C)C1CCCCC1. The first-order valence-electron chi connectivity index (χ1n) is 9.71. The number of nitrogens with zero attached hydrogens (tertiary/aromatic N) is 1. The van der Waals surface area contributed by atoms with Crippen molar-refractivity contribution in [2.75, 3.05) is 20.1 Å². The number of rotatable bonds is 4. The number of piperidine rings is 1. The molecule has 0 N–H and O–H groups in total. The normalized spacial score (nSPS) is 23.7. The first-order valence-corrected chi connectivity index (χ1v) is 9.71. The van der Waals surface area contributed by atoms with Crippen molar-refractivity contribution in [3.05, 3.63) is 0 Å². The van der Waals surface area contributed by atoms with Gasteiger partial charge in [0.05, 0.1) is 0 Å². The van der Waals surface area contributed by atoms with Crippen LogP contribution < -0.4 is 0 Å². The Labute approximate surface area is 134 Å². The van der Waals surface area contributed by atoms with E-state index in [-0.39, 0.29) is 0 Å². The lowest BCUT2D eigenvalue weighted by Gasteiger charge is -2.29. The maximum atomic E-state index is 2.44. The molecule has 1 aliphatic heterocycles. The predicted octanol–water partition coefficient (Wildman–Crippen LogP) is 5.99. The van der Waals surface area contributed by atoms with Gasteiger partial charge >= 0.3 is 0 Å². The van der Waals surface area contributed by atoms with E-state index in [1.54, 1.807) is 0 Å². The molecule has 2 fully saturated rings. The molecule has 0 aromatic carbocycles. The molecule has 1 saturated carbocycles. The van der Waals surface area contributed by atoms with Crippen LogP contribution in [0.2, 0.25) is 0 Å². The molecular formula is C20H41N. The highest BCUT2D eigenvalue weighted by Gasteiger charge is 2.18. The van der Waals surface area contributed by atoms with Crippen molar-refractivity contribution in [1.82, 2.24) is 4.90 Å². The lowest BCUT2D eigenvalue weighted by Crippen LogP contribution is -2.30. The van der Waals surface area contributed by atoms with E-state index in [4.69, 9.17) is 0 Å². The van der Waals surface area contributed by atoms with Gasteiger partial charge in [-0.05, 0) is 63.1 Å². The lowest BCUT2D eigenvalue weighted by molar-refractivity contribution is 0.201. The summed E-state index contributed by atoms with van der Waals surface area (Å²) in [6.07, 6.45) is 13.2. The smallest absolute Gasteiger partial charge is 0.00191 e. The highest BCUT2D eigenvalue weighted by Crippen LogP contribution is 2.31. The van der Waals surface area contributed by atoms with E-state index in [2.05, 4.69) is 39.6 Å². The van der Waals surface area contributed by atoms with Gasteiger partial charge in [0.25, 0.3) is 0 Å². The van der Waals surface area contributed by atoms with Gasteiger partial charge in [0.1, 0.15) is 0 Å². The third-order valence-corrected chi connectivity index (χ3v) is 5.74. The van der Waals surface area contributed by atoms with Gasteiger partial charge in [0, 0.05) is 0 Å². The Kier molecular flexibility index (Phi) is 9.64. The zero-order chi connectivity index (χ0) is 15.7. The Hall–Kier alpha value is -0.0400. The molecule has 0 aromatic heterocycles. The quantitative estimate of drug-likeness (QED) is 0.616. The Morgan fingerprint density at radius 1 is 0.905 bits per heavy atom. The molecule has 2 aliphatic rings. The molecule has 0 spiro atoms. The summed E-state index contributed by atoms with van der Waals surface area (Å²) in [7, 11) is 2.23. The Morgan fingerprint density at radius 3 is 1.95 bits per heavy atom. The third kappa shape index (κ3) is 8.24. The summed E-state index contributed by atoms with van der Waals surface area (Å²) in [5, 5.41) is 0. The van der Waals surface area contributed by atoms with Crippen molar-refractivity contribution >= 4 is 0 Å². The molecule has 0 amide bonds. The Morgan fingerprint density at radius 2 is 1.48 bits per heavy atom. The summed E-state index contributed by atoms with van der Waals surface area (Å²) in [4.78, 5) is 2.44. The van der Waals surface area contributed by atoms with Crippen molar-refractivity contribution in [3.63, 3.8) is 0 Å². The van der Waals surface area contributed by atoms with E-state index in [1.807, 2.05) is 0 Å². The fourth-order valence-corrected chi connectivity index (χ4v) is 4.00. The maximum Gasteiger partial charge on any atom is -0.00191 e. The maximum absolute atomic E-state index is 2.44. The van der Waals surface area contributed by atoms with Crippen LogP contribution in [-0.2, 0) is 0 Å². The van der Waals surface area contributed by atoms with Crippen LogP contribution in [-0.4, -0.2) is 25.0 Å². The fourth-order valence-electron chi connectivity index (χ4n) is 4.00. The molecule has 2 rings (SSSR count). The van der Waals surface area contributed by atoms with Gasteiger partial charge in [0.2, 0.25) is 0 Å². The zero-order valence-corrected chi connectivity index (χ0v) is 15.5. The minimum atomic E-state index is 0.892. The van der Waals surface area contributed by atoms with Crippen LogP contribution in [0.15, 0.2) is 0 Å². The molecule has 0 radical (unpaired) electrons. The highest BCUT2D eigenvalue weighted by molar-refractivity contribution is 4.71. The second kappa shape index (κ2) is 10.6. The minimum Gasteiger partial charge on any atom is -0.306 e. The summed E-state index contributed by atoms with van der Waals surface area (Å²) < 4.78 is 0. The van der Waals surface area contributed by atoms with Gasteiger partial charge in [-0.25, -0.2) is 0 Å². The summed E-state index contributed by atoms with van der Waals surface area (Å²) >= 11 is 0. The van der Waals surface area contributed by atoms with Gasteiger partial charge in [-0.15, -0.1) is 0 Å². The zero-order valence-electron chi connectivity index (χ0n) is 15.5. The molecule has 1 aliphatic carbocycles. The number of hydrogen-bond acceptors (Lipinski definition) is 1. The number of likely N-dealkylation sites (tertiary alicyclic amines) is 1. The first-order chi connectivity index (χ1) is 10.0. The minimum absolute atomic E-state index is 0.892. The molecule has 1 nitrogen and oxygen atoms in total. The topological polar surface area (TPSA) is 3.24 Å². The number of hydrogen-bond donors (Lipinski definition) is 0. The average Bonchev–Trinajstić information content (AvgIpc) is 2.50. The van der Waals surface area contributed by atoms with E-state index >= 15 is 0 Å². The molecular weight excluding hydrogens is 254 g/mol. The largest absolute Gasteiger partial charge is 0.306 e. The van der Waals surface area contributed by atoms with Gasteiger partial charge < -0.3 is 4.90 Å². The van der Waals surface area contributed by atoms with Crippen LogP contribution in [0, 0.1) is 23.7 Å². The van der Waals surface area contributed by atoms with Crippen LogP contribution >= 0.6 is 0 Å². The second-order valence-corrected chi connectivity index (χ2v) is 8.16. The van der Waals surface area contributed by atoms with Crippen molar-refractivity contribution in [2.24, 2.45) is 23.7 Å².